The van der Waals surface area contributed by atoms with Crippen molar-refractivity contribution >= 4 is 46.0 Å². The maximum absolute atomic E-state index is 13.0. The van der Waals surface area contributed by atoms with Crippen LogP contribution in [0.1, 0.15) is 27.8 Å². The lowest BCUT2D eigenvalue weighted by atomic mass is 9.99. The van der Waals surface area contributed by atoms with Crippen LogP contribution in [0.15, 0.2) is 41.3 Å². The van der Waals surface area contributed by atoms with Gasteiger partial charge >= 0.3 is 6.18 Å². The van der Waals surface area contributed by atoms with E-state index in [9.17, 15) is 18.0 Å². The second kappa shape index (κ2) is 7.13. The van der Waals surface area contributed by atoms with Crippen molar-refractivity contribution in [3.63, 3.8) is 0 Å². The van der Waals surface area contributed by atoms with Gasteiger partial charge in [0.2, 0.25) is 0 Å². The molecule has 27 heavy (non-hydrogen) atoms. The first-order valence-corrected chi connectivity index (χ1v) is 9.33. The van der Waals surface area contributed by atoms with Crippen LogP contribution in [0.25, 0.3) is 6.08 Å². The van der Waals surface area contributed by atoms with E-state index in [1.807, 2.05) is 32.9 Å². The van der Waals surface area contributed by atoms with Crippen molar-refractivity contribution in [3.8, 4) is 0 Å². The van der Waals surface area contributed by atoms with Crippen molar-refractivity contribution in [3.05, 3.63) is 69.1 Å². The number of rotatable bonds is 2. The van der Waals surface area contributed by atoms with Gasteiger partial charge in [-0.1, -0.05) is 47.7 Å². The normalized spacial score (nSPS) is 16.5. The van der Waals surface area contributed by atoms with E-state index in [2.05, 4.69) is 0 Å². The lowest BCUT2D eigenvalue weighted by molar-refractivity contribution is -0.137. The van der Waals surface area contributed by atoms with E-state index in [1.54, 1.807) is 6.08 Å². The molecule has 0 bridgehead atoms. The van der Waals surface area contributed by atoms with Gasteiger partial charge in [-0.15, -0.1) is 0 Å². The van der Waals surface area contributed by atoms with Gasteiger partial charge in [0, 0.05) is 0 Å². The SMILES string of the molecule is Cc1cc(C)c(/C=C2/SC(=S)N(c3cccc(C(F)(F)F)c3)C2=O)c(C)c1. The van der Waals surface area contributed by atoms with E-state index in [-0.39, 0.29) is 10.0 Å². The number of benzene rings is 2. The first kappa shape index (κ1) is 19.6. The molecular weight excluding hydrogens is 391 g/mol. The molecule has 1 fully saturated rings. The third-order valence-corrected chi connectivity index (χ3v) is 5.54. The van der Waals surface area contributed by atoms with Crippen LogP contribution in [0, 0.1) is 20.8 Å². The Bertz CT molecular complexity index is 956. The topological polar surface area (TPSA) is 20.3 Å². The number of thiocarbonyl (C=S) groups is 1. The Balaban J connectivity index is 2.00. The summed E-state index contributed by atoms with van der Waals surface area (Å²) >= 11 is 6.36. The number of anilines is 1. The molecule has 1 aliphatic rings. The Hall–Kier alpha value is -2.12. The summed E-state index contributed by atoms with van der Waals surface area (Å²) in [6.07, 6.45) is -2.72. The molecule has 140 valence electrons. The number of amides is 1. The Morgan fingerprint density at radius 1 is 1.07 bits per heavy atom. The summed E-state index contributed by atoms with van der Waals surface area (Å²) < 4.78 is 39.2. The number of hydrogen-bond donors (Lipinski definition) is 0. The van der Waals surface area contributed by atoms with E-state index >= 15 is 0 Å². The van der Waals surface area contributed by atoms with E-state index in [4.69, 9.17) is 12.2 Å². The average molecular weight is 407 g/mol. The fourth-order valence-electron chi connectivity index (χ4n) is 3.06. The van der Waals surface area contributed by atoms with Gasteiger partial charge in [-0.3, -0.25) is 9.69 Å². The number of carbonyl (C=O) groups is 1. The van der Waals surface area contributed by atoms with Gasteiger partial charge in [-0.25, -0.2) is 0 Å². The Morgan fingerprint density at radius 3 is 2.30 bits per heavy atom. The van der Waals surface area contributed by atoms with Gasteiger partial charge in [-0.2, -0.15) is 13.2 Å². The summed E-state index contributed by atoms with van der Waals surface area (Å²) in [6.45, 7) is 5.91. The average Bonchev–Trinajstić information content (AvgIpc) is 2.84. The summed E-state index contributed by atoms with van der Waals surface area (Å²) in [6, 6.07) is 8.67. The van der Waals surface area contributed by atoms with Gasteiger partial charge < -0.3 is 0 Å². The minimum Gasteiger partial charge on any atom is -0.268 e. The monoisotopic (exact) mass is 407 g/mol. The fourth-order valence-corrected chi connectivity index (χ4v) is 4.34. The quantitative estimate of drug-likeness (QED) is 0.447. The standard InChI is InChI=1S/C20H16F3NOS2/c1-11-7-12(2)16(13(3)8-11)10-17-18(25)24(19(26)27-17)15-6-4-5-14(9-15)20(21,22)23/h4-10H,1-3H3/b17-10+. The Kier molecular flexibility index (Phi) is 5.18. The molecule has 2 aromatic carbocycles. The Morgan fingerprint density at radius 2 is 1.70 bits per heavy atom. The molecule has 1 amide bonds. The van der Waals surface area contributed by atoms with Gasteiger partial charge in [0.1, 0.15) is 0 Å². The first-order chi connectivity index (χ1) is 12.6. The lowest BCUT2D eigenvalue weighted by Crippen LogP contribution is -2.27. The van der Waals surface area contributed by atoms with Crippen LogP contribution >= 0.6 is 24.0 Å². The predicted molar refractivity (Wildman–Crippen MR) is 108 cm³/mol. The molecule has 0 saturated carbocycles. The van der Waals surface area contributed by atoms with Crippen LogP contribution in [0.3, 0.4) is 0 Å². The minimum atomic E-state index is -4.48. The lowest BCUT2D eigenvalue weighted by Gasteiger charge is -2.16. The van der Waals surface area contributed by atoms with Crippen molar-refractivity contribution in [1.82, 2.24) is 0 Å². The summed E-state index contributed by atoms with van der Waals surface area (Å²) in [5.41, 5.74) is 3.40. The molecule has 2 aromatic rings. The first-order valence-electron chi connectivity index (χ1n) is 8.11. The van der Waals surface area contributed by atoms with E-state index in [0.717, 1.165) is 51.0 Å². The highest BCUT2D eigenvalue weighted by Crippen LogP contribution is 2.39. The van der Waals surface area contributed by atoms with Crippen molar-refractivity contribution in [2.24, 2.45) is 0 Å². The molecule has 0 spiro atoms. The van der Waals surface area contributed by atoms with Crippen LogP contribution < -0.4 is 4.90 Å². The van der Waals surface area contributed by atoms with Crippen molar-refractivity contribution in [2.75, 3.05) is 4.90 Å². The Labute approximate surface area is 165 Å². The zero-order valence-electron chi connectivity index (χ0n) is 14.8. The second-order valence-corrected chi connectivity index (χ2v) is 8.05. The summed E-state index contributed by atoms with van der Waals surface area (Å²) in [4.78, 5) is 14.4. The number of nitrogens with zero attached hydrogens (tertiary/aromatic N) is 1. The van der Waals surface area contributed by atoms with Crippen LogP contribution in [0.4, 0.5) is 18.9 Å². The number of hydrogen-bond acceptors (Lipinski definition) is 3. The molecule has 0 N–H and O–H groups in total. The van der Waals surface area contributed by atoms with Gasteiger partial charge in [0.15, 0.2) is 4.32 Å². The van der Waals surface area contributed by atoms with Gasteiger partial charge in [-0.05, 0) is 61.7 Å². The third kappa shape index (κ3) is 3.94. The van der Waals surface area contributed by atoms with E-state index in [1.165, 1.54) is 12.1 Å². The molecule has 1 saturated heterocycles. The highest BCUT2D eigenvalue weighted by atomic mass is 32.2. The molecular formula is C20H16F3NOS2. The van der Waals surface area contributed by atoms with Crippen LogP contribution in [0.2, 0.25) is 0 Å². The zero-order valence-corrected chi connectivity index (χ0v) is 16.5. The summed E-state index contributed by atoms with van der Waals surface area (Å²) in [5.74, 6) is -0.413. The van der Waals surface area contributed by atoms with Crippen molar-refractivity contribution < 1.29 is 18.0 Å². The largest absolute Gasteiger partial charge is 0.416 e. The maximum Gasteiger partial charge on any atom is 0.416 e. The fraction of sp³-hybridized carbons (Fsp3) is 0.200. The van der Waals surface area contributed by atoms with Crippen LogP contribution in [-0.2, 0) is 11.0 Å². The van der Waals surface area contributed by atoms with Crippen molar-refractivity contribution in [2.45, 2.75) is 26.9 Å². The minimum absolute atomic E-state index is 0.119. The number of carbonyl (C=O) groups excluding carboxylic acids is 1. The summed E-state index contributed by atoms with van der Waals surface area (Å²) in [5, 5.41) is 0. The molecule has 0 unspecified atom stereocenters. The van der Waals surface area contributed by atoms with Gasteiger partial charge in [0.05, 0.1) is 16.2 Å². The third-order valence-electron chi connectivity index (χ3n) is 4.24. The van der Waals surface area contributed by atoms with Crippen molar-refractivity contribution in [1.29, 1.82) is 0 Å². The molecule has 0 radical (unpaired) electrons. The molecule has 0 aromatic heterocycles. The van der Waals surface area contributed by atoms with E-state index < -0.39 is 17.6 Å². The predicted octanol–water partition coefficient (Wildman–Crippen LogP) is 6.04. The molecule has 7 heteroatoms. The number of alkyl halides is 3. The van der Waals surface area contributed by atoms with E-state index in [0.29, 0.717) is 4.91 Å². The molecule has 0 atom stereocenters. The molecule has 3 rings (SSSR count). The smallest absolute Gasteiger partial charge is 0.268 e. The zero-order chi connectivity index (χ0) is 19.9. The number of aryl methyl sites for hydroxylation is 3. The number of halogens is 3. The highest BCUT2D eigenvalue weighted by Gasteiger charge is 2.36. The second-order valence-electron chi connectivity index (χ2n) is 6.38. The molecule has 1 aliphatic heterocycles. The molecule has 1 heterocycles. The summed E-state index contributed by atoms with van der Waals surface area (Å²) in [7, 11) is 0. The maximum atomic E-state index is 13.0. The van der Waals surface area contributed by atoms with Crippen LogP contribution in [0.5, 0.6) is 0 Å². The van der Waals surface area contributed by atoms with Crippen LogP contribution in [-0.4, -0.2) is 10.2 Å². The molecule has 0 aliphatic carbocycles. The molecule has 2 nitrogen and oxygen atoms in total. The highest BCUT2D eigenvalue weighted by molar-refractivity contribution is 8.27. The van der Waals surface area contributed by atoms with Gasteiger partial charge in [0.25, 0.3) is 5.91 Å². The number of thioether (sulfide) groups is 1.